The zero-order valence-corrected chi connectivity index (χ0v) is 9.01. The third-order valence-corrected chi connectivity index (χ3v) is 3.11. The van der Waals surface area contributed by atoms with Gasteiger partial charge in [-0.15, -0.1) is 0 Å². The van der Waals surface area contributed by atoms with E-state index in [2.05, 4.69) is 10.3 Å². The molecule has 5 heteroatoms. The van der Waals surface area contributed by atoms with Crippen LogP contribution in [0.2, 0.25) is 0 Å². The van der Waals surface area contributed by atoms with Gasteiger partial charge in [-0.3, -0.25) is 0 Å². The molecule has 2 rings (SSSR count). The zero-order valence-electron chi connectivity index (χ0n) is 8.19. The second kappa shape index (κ2) is 4.14. The molecule has 0 radical (unpaired) electrons. The summed E-state index contributed by atoms with van der Waals surface area (Å²) in [6.45, 7) is 2.84. The Labute approximate surface area is 87.5 Å². The summed E-state index contributed by atoms with van der Waals surface area (Å²) in [5, 5.41) is 5.01. The molecule has 4 nitrogen and oxygen atoms in total. The predicted molar refractivity (Wildman–Crippen MR) is 58.6 cm³/mol. The van der Waals surface area contributed by atoms with E-state index in [9.17, 15) is 0 Å². The van der Waals surface area contributed by atoms with Crippen LogP contribution in [0, 0.1) is 0 Å². The van der Waals surface area contributed by atoms with Gasteiger partial charge in [0.1, 0.15) is 5.00 Å². The quantitative estimate of drug-likeness (QED) is 0.799. The molecule has 1 aliphatic rings. The molecular formula is C9H15N3OS. The Morgan fingerprint density at radius 2 is 2.50 bits per heavy atom. The molecule has 1 aliphatic carbocycles. The number of nitrogens with zero attached hydrogens (tertiary/aromatic N) is 1. The van der Waals surface area contributed by atoms with Crippen molar-refractivity contribution in [2.45, 2.75) is 31.9 Å². The molecule has 0 saturated heterocycles. The van der Waals surface area contributed by atoms with Crippen molar-refractivity contribution in [2.24, 2.45) is 0 Å². The number of nitrogen functional groups attached to an aromatic ring is 1. The molecule has 1 saturated carbocycles. The van der Waals surface area contributed by atoms with E-state index in [1.54, 1.807) is 6.20 Å². The number of rotatable bonds is 4. The molecule has 14 heavy (non-hydrogen) atoms. The van der Waals surface area contributed by atoms with Gasteiger partial charge in [-0.25, -0.2) is 4.98 Å². The highest BCUT2D eigenvalue weighted by Gasteiger charge is 2.29. The molecule has 1 aromatic heterocycles. The summed E-state index contributed by atoms with van der Waals surface area (Å²) < 4.78 is 5.47. The summed E-state index contributed by atoms with van der Waals surface area (Å²) in [5.74, 6) is 0. The van der Waals surface area contributed by atoms with Gasteiger partial charge < -0.3 is 15.8 Å². The van der Waals surface area contributed by atoms with Crippen LogP contribution in [0.25, 0.3) is 0 Å². The summed E-state index contributed by atoms with van der Waals surface area (Å²) in [6.07, 6.45) is 4.28. The largest absolute Gasteiger partial charge is 0.389 e. The van der Waals surface area contributed by atoms with Gasteiger partial charge in [0.2, 0.25) is 0 Å². The van der Waals surface area contributed by atoms with Gasteiger partial charge in [0.25, 0.3) is 0 Å². The summed E-state index contributed by atoms with van der Waals surface area (Å²) in [5.41, 5.74) is 5.58. The van der Waals surface area contributed by atoms with E-state index in [0.717, 1.165) is 29.6 Å². The van der Waals surface area contributed by atoms with Crippen molar-refractivity contribution >= 4 is 21.5 Å². The van der Waals surface area contributed by atoms with E-state index < -0.39 is 0 Å². The van der Waals surface area contributed by atoms with E-state index in [1.165, 1.54) is 11.3 Å². The second-order valence-electron chi connectivity index (χ2n) is 3.46. The summed E-state index contributed by atoms with van der Waals surface area (Å²) >= 11 is 1.49. The van der Waals surface area contributed by atoms with Gasteiger partial charge >= 0.3 is 0 Å². The lowest BCUT2D eigenvalue weighted by Crippen LogP contribution is -2.40. The Morgan fingerprint density at radius 3 is 3.07 bits per heavy atom. The fraction of sp³-hybridized carbons (Fsp3) is 0.667. The maximum Gasteiger partial charge on any atom is 0.184 e. The van der Waals surface area contributed by atoms with Crippen molar-refractivity contribution in [1.29, 1.82) is 0 Å². The SMILES string of the molecule is CCOC1CC(Nc2ncc(N)s2)C1. The fourth-order valence-electron chi connectivity index (χ4n) is 1.58. The van der Waals surface area contributed by atoms with E-state index in [-0.39, 0.29) is 0 Å². The highest BCUT2D eigenvalue weighted by atomic mass is 32.1. The fourth-order valence-corrected chi connectivity index (χ4v) is 2.24. The number of thiazole rings is 1. The minimum absolute atomic E-state index is 0.440. The molecule has 0 aliphatic heterocycles. The van der Waals surface area contributed by atoms with Gasteiger partial charge in [0.15, 0.2) is 5.13 Å². The van der Waals surface area contributed by atoms with Crippen LogP contribution in [0.3, 0.4) is 0 Å². The molecule has 1 aromatic rings. The summed E-state index contributed by atoms with van der Waals surface area (Å²) in [6, 6.07) is 0.511. The number of nitrogens with two attached hydrogens (primary N) is 1. The molecular weight excluding hydrogens is 198 g/mol. The second-order valence-corrected chi connectivity index (χ2v) is 4.52. The minimum Gasteiger partial charge on any atom is -0.389 e. The number of ether oxygens (including phenoxy) is 1. The van der Waals surface area contributed by atoms with E-state index in [4.69, 9.17) is 10.5 Å². The molecule has 0 bridgehead atoms. The Balaban J connectivity index is 1.74. The molecule has 0 amide bonds. The number of hydrogen-bond donors (Lipinski definition) is 2. The van der Waals surface area contributed by atoms with E-state index in [0.29, 0.717) is 12.1 Å². The Kier molecular flexibility index (Phi) is 2.88. The third kappa shape index (κ3) is 2.16. The van der Waals surface area contributed by atoms with Crippen molar-refractivity contribution in [1.82, 2.24) is 4.98 Å². The summed E-state index contributed by atoms with van der Waals surface area (Å²) in [7, 11) is 0. The Morgan fingerprint density at radius 1 is 1.71 bits per heavy atom. The highest BCUT2D eigenvalue weighted by Crippen LogP contribution is 2.29. The van der Waals surface area contributed by atoms with E-state index in [1.807, 2.05) is 6.92 Å². The first kappa shape index (κ1) is 9.73. The van der Waals surface area contributed by atoms with Crippen molar-refractivity contribution in [3.63, 3.8) is 0 Å². The van der Waals surface area contributed by atoms with Gasteiger partial charge in [-0.2, -0.15) is 0 Å². The standard InChI is InChI=1S/C9H15N3OS/c1-2-13-7-3-6(4-7)12-9-11-5-8(10)14-9/h5-7H,2-4,10H2,1H3,(H,11,12). The average Bonchev–Trinajstić information content (AvgIpc) is 2.48. The predicted octanol–water partition coefficient (Wildman–Crippen LogP) is 1.70. The maximum atomic E-state index is 5.58. The molecule has 3 N–H and O–H groups in total. The molecule has 1 fully saturated rings. The lowest BCUT2D eigenvalue weighted by Gasteiger charge is -2.35. The van der Waals surface area contributed by atoms with Crippen LogP contribution < -0.4 is 11.1 Å². The average molecular weight is 213 g/mol. The lowest BCUT2D eigenvalue weighted by atomic mass is 9.89. The first-order valence-electron chi connectivity index (χ1n) is 4.87. The minimum atomic E-state index is 0.440. The van der Waals surface area contributed by atoms with Crippen LogP contribution in [-0.2, 0) is 4.74 Å². The monoisotopic (exact) mass is 213 g/mol. The molecule has 0 spiro atoms. The Bertz CT molecular complexity index is 296. The third-order valence-electron chi connectivity index (χ3n) is 2.35. The van der Waals surface area contributed by atoms with Crippen molar-refractivity contribution in [3.05, 3.63) is 6.20 Å². The summed E-state index contributed by atoms with van der Waals surface area (Å²) in [4.78, 5) is 4.15. The topological polar surface area (TPSA) is 60.2 Å². The lowest BCUT2D eigenvalue weighted by molar-refractivity contribution is 0.00299. The maximum absolute atomic E-state index is 5.58. The van der Waals surface area contributed by atoms with Gasteiger partial charge in [0.05, 0.1) is 12.3 Å². The number of anilines is 2. The van der Waals surface area contributed by atoms with E-state index >= 15 is 0 Å². The first-order chi connectivity index (χ1) is 6.78. The molecule has 78 valence electrons. The van der Waals surface area contributed by atoms with Gasteiger partial charge in [0, 0.05) is 12.6 Å². The van der Waals surface area contributed by atoms with Crippen LogP contribution in [0.5, 0.6) is 0 Å². The van der Waals surface area contributed by atoms with Crippen molar-refractivity contribution < 1.29 is 4.74 Å². The van der Waals surface area contributed by atoms with Gasteiger partial charge in [-0.05, 0) is 19.8 Å². The van der Waals surface area contributed by atoms with Crippen molar-refractivity contribution in [3.8, 4) is 0 Å². The molecule has 1 heterocycles. The van der Waals surface area contributed by atoms with Crippen LogP contribution >= 0.6 is 11.3 Å². The highest BCUT2D eigenvalue weighted by molar-refractivity contribution is 7.19. The van der Waals surface area contributed by atoms with Crippen LogP contribution in [0.1, 0.15) is 19.8 Å². The first-order valence-corrected chi connectivity index (χ1v) is 5.69. The number of hydrogen-bond acceptors (Lipinski definition) is 5. The normalized spacial score (nSPS) is 25.8. The smallest absolute Gasteiger partial charge is 0.184 e. The Hall–Kier alpha value is -0.810. The molecule has 0 aromatic carbocycles. The van der Waals surface area contributed by atoms with Crippen molar-refractivity contribution in [2.75, 3.05) is 17.7 Å². The molecule has 0 unspecified atom stereocenters. The molecule has 0 atom stereocenters. The zero-order chi connectivity index (χ0) is 9.97. The van der Waals surface area contributed by atoms with Crippen LogP contribution in [0.4, 0.5) is 10.1 Å². The van der Waals surface area contributed by atoms with Gasteiger partial charge in [-0.1, -0.05) is 11.3 Å². The van der Waals surface area contributed by atoms with Crippen LogP contribution in [0.15, 0.2) is 6.20 Å². The van der Waals surface area contributed by atoms with Crippen LogP contribution in [-0.4, -0.2) is 23.7 Å². The number of aromatic nitrogens is 1. The number of nitrogens with one attached hydrogen (secondary N) is 1.